The van der Waals surface area contributed by atoms with Crippen molar-refractivity contribution < 1.29 is 19.1 Å². The highest BCUT2D eigenvalue weighted by Gasteiger charge is 2.11. The van der Waals surface area contributed by atoms with Crippen LogP contribution in [0.4, 0.5) is 0 Å². The molecule has 150 valence electrons. The maximum absolute atomic E-state index is 12.3. The molecule has 0 fully saturated rings. The number of ether oxygens (including phenoxy) is 2. The summed E-state index contributed by atoms with van der Waals surface area (Å²) in [6.07, 6.45) is 0. The monoisotopic (exact) mass is 384 g/mol. The molecule has 1 N–H and O–H groups in total. The molecule has 0 saturated carbocycles. The van der Waals surface area contributed by atoms with E-state index in [0.29, 0.717) is 37.6 Å². The number of amides is 2. The van der Waals surface area contributed by atoms with Crippen LogP contribution in [0.3, 0.4) is 0 Å². The third-order valence-corrected chi connectivity index (χ3v) is 4.57. The first kappa shape index (κ1) is 21.3. The molecule has 0 aliphatic rings. The number of hydrogen-bond donors (Lipinski definition) is 1. The fourth-order valence-corrected chi connectivity index (χ4v) is 2.66. The Hall–Kier alpha value is -3.02. The van der Waals surface area contributed by atoms with Gasteiger partial charge in [-0.15, -0.1) is 0 Å². The molecule has 0 aliphatic heterocycles. The zero-order chi connectivity index (χ0) is 20.5. The van der Waals surface area contributed by atoms with E-state index < -0.39 is 0 Å². The van der Waals surface area contributed by atoms with Crippen molar-refractivity contribution in [1.82, 2.24) is 10.2 Å². The van der Waals surface area contributed by atoms with Crippen LogP contribution >= 0.6 is 0 Å². The number of carbonyl (C=O) groups excluding carboxylic acids is 2. The predicted octanol–water partition coefficient (Wildman–Crippen LogP) is 2.97. The smallest absolute Gasteiger partial charge is 0.251 e. The fraction of sp³-hybridized carbons (Fsp3) is 0.364. The van der Waals surface area contributed by atoms with E-state index in [0.717, 1.165) is 16.9 Å². The second kappa shape index (κ2) is 10.3. The Balaban J connectivity index is 1.77. The van der Waals surface area contributed by atoms with Crippen molar-refractivity contribution in [2.45, 2.75) is 20.8 Å². The van der Waals surface area contributed by atoms with E-state index >= 15 is 0 Å². The predicted molar refractivity (Wildman–Crippen MR) is 109 cm³/mol. The third-order valence-electron chi connectivity index (χ3n) is 4.57. The van der Waals surface area contributed by atoms with Crippen molar-refractivity contribution in [3.63, 3.8) is 0 Å². The molecule has 0 bridgehead atoms. The third kappa shape index (κ3) is 6.30. The zero-order valence-electron chi connectivity index (χ0n) is 17.0. The minimum atomic E-state index is -0.138. The van der Waals surface area contributed by atoms with E-state index in [-0.39, 0.29) is 11.8 Å². The Kier molecular flexibility index (Phi) is 7.87. The van der Waals surface area contributed by atoms with Crippen molar-refractivity contribution in [2.75, 3.05) is 33.4 Å². The molecule has 0 atom stereocenters. The lowest BCUT2D eigenvalue weighted by atomic mass is 10.1. The number of aryl methyl sites for hydroxylation is 2. The van der Waals surface area contributed by atoms with E-state index in [1.165, 1.54) is 6.92 Å². The summed E-state index contributed by atoms with van der Waals surface area (Å²) in [7, 11) is 1.61. The molecule has 2 rings (SSSR count). The average molecular weight is 384 g/mol. The maximum atomic E-state index is 12.3. The van der Waals surface area contributed by atoms with Gasteiger partial charge in [0, 0.05) is 25.6 Å². The van der Waals surface area contributed by atoms with Crippen molar-refractivity contribution in [2.24, 2.45) is 0 Å². The minimum Gasteiger partial charge on any atom is -0.497 e. The molecule has 0 spiro atoms. The van der Waals surface area contributed by atoms with Gasteiger partial charge in [-0.2, -0.15) is 0 Å². The number of nitrogens with one attached hydrogen (secondary N) is 1. The average Bonchev–Trinajstić information content (AvgIpc) is 2.69. The first-order valence-electron chi connectivity index (χ1n) is 9.28. The van der Waals surface area contributed by atoms with Crippen molar-refractivity contribution in [1.29, 1.82) is 0 Å². The Morgan fingerprint density at radius 1 is 0.964 bits per heavy atom. The largest absolute Gasteiger partial charge is 0.497 e. The van der Waals surface area contributed by atoms with Crippen LogP contribution in [0.2, 0.25) is 0 Å². The quantitative estimate of drug-likeness (QED) is 0.722. The molecule has 2 amide bonds. The van der Waals surface area contributed by atoms with Gasteiger partial charge in [-0.25, -0.2) is 0 Å². The Labute approximate surface area is 166 Å². The number of hydrogen-bond acceptors (Lipinski definition) is 4. The standard InChI is InChI=1S/C22H28N2O4/c1-16-5-6-19(15-17(16)2)22(26)23-11-12-24(18(3)25)13-14-28-21-9-7-20(27-4)8-10-21/h5-10,15H,11-14H2,1-4H3,(H,23,26). The van der Waals surface area contributed by atoms with Crippen LogP contribution in [-0.2, 0) is 4.79 Å². The van der Waals surface area contributed by atoms with Gasteiger partial charge in [0.25, 0.3) is 5.91 Å². The van der Waals surface area contributed by atoms with Gasteiger partial charge in [0.15, 0.2) is 0 Å². The van der Waals surface area contributed by atoms with E-state index in [1.54, 1.807) is 12.0 Å². The molecule has 28 heavy (non-hydrogen) atoms. The molecule has 0 aliphatic carbocycles. The molecular formula is C22H28N2O4. The second-order valence-electron chi connectivity index (χ2n) is 6.58. The molecule has 6 nitrogen and oxygen atoms in total. The Morgan fingerprint density at radius 2 is 1.64 bits per heavy atom. The highest BCUT2D eigenvalue weighted by Crippen LogP contribution is 2.16. The van der Waals surface area contributed by atoms with E-state index in [2.05, 4.69) is 5.32 Å². The van der Waals surface area contributed by atoms with Crippen LogP contribution in [-0.4, -0.2) is 50.1 Å². The minimum absolute atomic E-state index is 0.0567. The summed E-state index contributed by atoms with van der Waals surface area (Å²) >= 11 is 0. The fourth-order valence-electron chi connectivity index (χ4n) is 2.66. The van der Waals surface area contributed by atoms with Gasteiger partial charge < -0.3 is 19.7 Å². The highest BCUT2D eigenvalue weighted by atomic mass is 16.5. The molecule has 0 radical (unpaired) electrons. The van der Waals surface area contributed by atoms with E-state index in [1.807, 2.05) is 56.3 Å². The van der Waals surface area contributed by atoms with Gasteiger partial charge in [0.1, 0.15) is 18.1 Å². The van der Waals surface area contributed by atoms with E-state index in [9.17, 15) is 9.59 Å². The maximum Gasteiger partial charge on any atom is 0.251 e. The van der Waals surface area contributed by atoms with Crippen LogP contribution in [0, 0.1) is 13.8 Å². The normalized spacial score (nSPS) is 10.3. The summed E-state index contributed by atoms with van der Waals surface area (Å²) in [4.78, 5) is 25.8. The summed E-state index contributed by atoms with van der Waals surface area (Å²) < 4.78 is 10.8. The summed E-state index contributed by atoms with van der Waals surface area (Å²) in [5.41, 5.74) is 2.85. The van der Waals surface area contributed by atoms with Crippen molar-refractivity contribution in [3.05, 3.63) is 59.2 Å². The number of carbonyl (C=O) groups is 2. The van der Waals surface area contributed by atoms with Crippen molar-refractivity contribution >= 4 is 11.8 Å². The van der Waals surface area contributed by atoms with Gasteiger partial charge in [-0.05, 0) is 61.4 Å². The Morgan fingerprint density at radius 3 is 2.25 bits per heavy atom. The first-order valence-corrected chi connectivity index (χ1v) is 9.28. The second-order valence-corrected chi connectivity index (χ2v) is 6.58. The van der Waals surface area contributed by atoms with Gasteiger partial charge >= 0.3 is 0 Å². The number of benzene rings is 2. The first-order chi connectivity index (χ1) is 13.4. The van der Waals surface area contributed by atoms with Gasteiger partial charge in [0.2, 0.25) is 5.91 Å². The summed E-state index contributed by atoms with van der Waals surface area (Å²) in [6, 6.07) is 12.9. The van der Waals surface area contributed by atoms with Crippen LogP contribution in [0.1, 0.15) is 28.4 Å². The number of methoxy groups -OCH3 is 1. The van der Waals surface area contributed by atoms with Crippen LogP contribution < -0.4 is 14.8 Å². The molecule has 2 aromatic carbocycles. The highest BCUT2D eigenvalue weighted by molar-refractivity contribution is 5.94. The van der Waals surface area contributed by atoms with Gasteiger partial charge in [-0.1, -0.05) is 6.07 Å². The lowest BCUT2D eigenvalue weighted by Gasteiger charge is -2.21. The molecule has 6 heteroatoms. The van der Waals surface area contributed by atoms with Crippen molar-refractivity contribution in [3.8, 4) is 11.5 Å². The molecule has 0 heterocycles. The number of rotatable bonds is 9. The summed E-state index contributed by atoms with van der Waals surface area (Å²) in [5, 5.41) is 2.86. The van der Waals surface area contributed by atoms with Crippen LogP contribution in [0.25, 0.3) is 0 Å². The summed E-state index contributed by atoms with van der Waals surface area (Å²) in [6.45, 7) is 7.13. The zero-order valence-corrected chi connectivity index (χ0v) is 17.0. The number of nitrogens with zero attached hydrogens (tertiary/aromatic N) is 1. The molecule has 0 saturated heterocycles. The molecule has 0 unspecified atom stereocenters. The summed E-state index contributed by atoms with van der Waals surface area (Å²) in [5.74, 6) is 1.28. The van der Waals surface area contributed by atoms with Gasteiger partial charge in [-0.3, -0.25) is 9.59 Å². The lowest BCUT2D eigenvalue weighted by molar-refractivity contribution is -0.129. The molecule has 2 aromatic rings. The Bertz CT molecular complexity index is 803. The lowest BCUT2D eigenvalue weighted by Crippen LogP contribution is -2.39. The topological polar surface area (TPSA) is 67.9 Å². The SMILES string of the molecule is COc1ccc(OCCN(CCNC(=O)c2ccc(C)c(C)c2)C(C)=O)cc1. The molecule has 0 aromatic heterocycles. The van der Waals surface area contributed by atoms with E-state index in [4.69, 9.17) is 9.47 Å². The molecular weight excluding hydrogens is 356 g/mol. The van der Waals surface area contributed by atoms with Crippen LogP contribution in [0.5, 0.6) is 11.5 Å². The van der Waals surface area contributed by atoms with Crippen LogP contribution in [0.15, 0.2) is 42.5 Å². The van der Waals surface area contributed by atoms with Gasteiger partial charge in [0.05, 0.1) is 13.7 Å².